The Kier molecular flexibility index (Phi) is 3.40. The largest absolute Gasteiger partial charge is 0.469 e. The Hall–Kier alpha value is -1.89. The van der Waals surface area contributed by atoms with Crippen LogP contribution in [0.3, 0.4) is 0 Å². The van der Waals surface area contributed by atoms with Gasteiger partial charge in [-0.25, -0.2) is 4.39 Å². The van der Waals surface area contributed by atoms with E-state index < -0.39 is 17.7 Å². The number of esters is 1. The summed E-state index contributed by atoms with van der Waals surface area (Å²) >= 11 is 0. The molecule has 0 radical (unpaired) electrons. The second-order valence-corrected chi connectivity index (χ2v) is 3.13. The van der Waals surface area contributed by atoms with E-state index in [1.807, 2.05) is 6.07 Å². The topological polar surface area (TPSA) is 50.1 Å². The van der Waals surface area contributed by atoms with Gasteiger partial charge in [0, 0.05) is 0 Å². The van der Waals surface area contributed by atoms with Crippen molar-refractivity contribution in [2.75, 3.05) is 7.11 Å². The van der Waals surface area contributed by atoms with Crippen LogP contribution < -0.4 is 0 Å². The van der Waals surface area contributed by atoms with E-state index in [-0.39, 0.29) is 5.56 Å². The summed E-state index contributed by atoms with van der Waals surface area (Å²) in [5.74, 6) is -1.55. The fourth-order valence-corrected chi connectivity index (χ4v) is 1.24. The van der Waals surface area contributed by atoms with Crippen LogP contribution in [0, 0.1) is 17.1 Å². The maximum atomic E-state index is 13.0. The predicted molar refractivity (Wildman–Crippen MR) is 51.5 cm³/mol. The molecule has 0 aromatic heterocycles. The number of benzene rings is 1. The molecular weight excluding hydrogens is 197 g/mol. The van der Waals surface area contributed by atoms with Crippen molar-refractivity contribution in [3.8, 4) is 6.07 Å². The maximum Gasteiger partial charge on any atom is 0.312 e. The average molecular weight is 207 g/mol. The van der Waals surface area contributed by atoms with Gasteiger partial charge in [-0.15, -0.1) is 0 Å². The zero-order valence-electron chi connectivity index (χ0n) is 8.45. The lowest BCUT2D eigenvalue weighted by Crippen LogP contribution is -2.11. The van der Waals surface area contributed by atoms with Gasteiger partial charge in [-0.1, -0.05) is 0 Å². The van der Waals surface area contributed by atoms with E-state index in [0.29, 0.717) is 5.56 Å². The monoisotopic (exact) mass is 207 g/mol. The van der Waals surface area contributed by atoms with Gasteiger partial charge < -0.3 is 4.74 Å². The predicted octanol–water partition coefficient (Wildman–Crippen LogP) is 1.97. The van der Waals surface area contributed by atoms with Gasteiger partial charge in [0.15, 0.2) is 0 Å². The minimum Gasteiger partial charge on any atom is -0.469 e. The highest BCUT2D eigenvalue weighted by atomic mass is 19.1. The third-order valence-electron chi connectivity index (χ3n) is 2.10. The minimum absolute atomic E-state index is 0.195. The van der Waals surface area contributed by atoms with E-state index in [1.54, 1.807) is 6.92 Å². The summed E-state index contributed by atoms with van der Waals surface area (Å²) < 4.78 is 17.6. The fraction of sp³-hybridized carbons (Fsp3) is 0.273. The number of nitriles is 1. The Morgan fingerprint density at radius 1 is 1.53 bits per heavy atom. The van der Waals surface area contributed by atoms with Crippen LogP contribution in [0.15, 0.2) is 18.2 Å². The molecule has 1 rings (SSSR count). The first-order chi connectivity index (χ1) is 7.08. The van der Waals surface area contributed by atoms with Crippen molar-refractivity contribution in [2.24, 2.45) is 0 Å². The summed E-state index contributed by atoms with van der Waals surface area (Å²) in [4.78, 5) is 11.2. The molecule has 0 heterocycles. The lowest BCUT2D eigenvalue weighted by Gasteiger charge is -2.09. The van der Waals surface area contributed by atoms with Gasteiger partial charge in [-0.2, -0.15) is 5.26 Å². The van der Waals surface area contributed by atoms with E-state index in [1.165, 1.54) is 19.2 Å². The van der Waals surface area contributed by atoms with Crippen molar-refractivity contribution in [2.45, 2.75) is 12.8 Å². The number of halogens is 1. The van der Waals surface area contributed by atoms with Crippen molar-refractivity contribution >= 4 is 5.97 Å². The minimum atomic E-state index is -0.571. The first-order valence-corrected chi connectivity index (χ1v) is 4.37. The van der Waals surface area contributed by atoms with Crippen LogP contribution in [0.1, 0.15) is 24.0 Å². The van der Waals surface area contributed by atoms with Crippen LogP contribution in [-0.4, -0.2) is 13.1 Å². The van der Waals surface area contributed by atoms with Crippen molar-refractivity contribution in [3.05, 3.63) is 35.1 Å². The zero-order valence-corrected chi connectivity index (χ0v) is 8.45. The molecule has 0 saturated heterocycles. The Morgan fingerprint density at radius 2 is 2.20 bits per heavy atom. The number of hydrogen-bond donors (Lipinski definition) is 0. The Bertz CT molecular complexity index is 423. The van der Waals surface area contributed by atoms with E-state index in [9.17, 15) is 9.18 Å². The molecular formula is C11H10FNO2. The maximum absolute atomic E-state index is 13.0. The van der Waals surface area contributed by atoms with Gasteiger partial charge in [0.05, 0.1) is 24.7 Å². The summed E-state index contributed by atoms with van der Waals surface area (Å²) in [6, 6.07) is 5.65. The SMILES string of the molecule is COC(=O)C(C)c1cc(F)cc(C#N)c1. The number of carbonyl (C=O) groups is 1. The molecule has 1 unspecified atom stereocenters. The summed E-state index contributed by atoms with van der Waals surface area (Å²) in [6.45, 7) is 1.60. The van der Waals surface area contributed by atoms with Crippen molar-refractivity contribution in [1.29, 1.82) is 5.26 Å². The summed E-state index contributed by atoms with van der Waals surface area (Å²) in [7, 11) is 1.27. The third kappa shape index (κ3) is 2.53. The third-order valence-corrected chi connectivity index (χ3v) is 2.10. The number of carbonyl (C=O) groups excluding carboxylic acids is 1. The summed E-state index contributed by atoms with van der Waals surface area (Å²) in [5.41, 5.74) is 0.638. The zero-order chi connectivity index (χ0) is 11.4. The second-order valence-electron chi connectivity index (χ2n) is 3.13. The number of ether oxygens (including phenoxy) is 1. The lowest BCUT2D eigenvalue weighted by molar-refractivity contribution is -0.141. The molecule has 0 aliphatic heterocycles. The molecule has 1 atom stereocenters. The van der Waals surface area contributed by atoms with Crippen molar-refractivity contribution in [1.82, 2.24) is 0 Å². The molecule has 0 saturated carbocycles. The average Bonchev–Trinajstić information content (AvgIpc) is 2.26. The molecule has 3 nitrogen and oxygen atoms in total. The molecule has 0 aliphatic carbocycles. The van der Waals surface area contributed by atoms with Gasteiger partial charge in [0.1, 0.15) is 5.82 Å². The van der Waals surface area contributed by atoms with Crippen LogP contribution in [0.5, 0.6) is 0 Å². The Labute approximate surface area is 87.1 Å². The highest BCUT2D eigenvalue weighted by Crippen LogP contribution is 2.19. The molecule has 0 bridgehead atoms. The summed E-state index contributed by atoms with van der Waals surface area (Å²) in [5, 5.41) is 8.63. The standard InChI is InChI=1S/C11H10FNO2/c1-7(11(14)15-2)9-3-8(6-13)4-10(12)5-9/h3-5,7H,1-2H3. The number of rotatable bonds is 2. The molecule has 4 heteroatoms. The van der Waals surface area contributed by atoms with Gasteiger partial charge in [-0.05, 0) is 30.7 Å². The van der Waals surface area contributed by atoms with Gasteiger partial charge >= 0.3 is 5.97 Å². The highest BCUT2D eigenvalue weighted by molar-refractivity contribution is 5.77. The molecule has 15 heavy (non-hydrogen) atoms. The quantitative estimate of drug-likeness (QED) is 0.696. The fourth-order valence-electron chi connectivity index (χ4n) is 1.24. The number of hydrogen-bond acceptors (Lipinski definition) is 3. The van der Waals surface area contributed by atoms with Crippen LogP contribution in [0.4, 0.5) is 4.39 Å². The van der Waals surface area contributed by atoms with Crippen molar-refractivity contribution < 1.29 is 13.9 Å². The van der Waals surface area contributed by atoms with Crippen LogP contribution in [-0.2, 0) is 9.53 Å². The van der Waals surface area contributed by atoms with Crippen LogP contribution in [0.2, 0.25) is 0 Å². The molecule has 0 aliphatic rings. The second kappa shape index (κ2) is 4.56. The number of nitrogens with zero attached hydrogens (tertiary/aromatic N) is 1. The van der Waals surface area contributed by atoms with Gasteiger partial charge in [0.25, 0.3) is 0 Å². The molecule has 0 spiro atoms. The van der Waals surface area contributed by atoms with E-state index in [0.717, 1.165) is 6.07 Å². The molecule has 1 aromatic rings. The van der Waals surface area contributed by atoms with Crippen molar-refractivity contribution in [3.63, 3.8) is 0 Å². The smallest absolute Gasteiger partial charge is 0.312 e. The Morgan fingerprint density at radius 3 is 2.73 bits per heavy atom. The van der Waals surface area contributed by atoms with E-state index in [2.05, 4.69) is 4.74 Å². The molecule has 0 N–H and O–H groups in total. The highest BCUT2D eigenvalue weighted by Gasteiger charge is 2.16. The van der Waals surface area contributed by atoms with Gasteiger partial charge in [0.2, 0.25) is 0 Å². The Balaban J connectivity index is 3.10. The first kappa shape index (κ1) is 11.2. The molecule has 78 valence electrons. The molecule has 0 amide bonds. The normalized spacial score (nSPS) is 11.6. The van der Waals surface area contributed by atoms with Crippen LogP contribution in [0.25, 0.3) is 0 Å². The van der Waals surface area contributed by atoms with E-state index >= 15 is 0 Å². The molecule has 0 fully saturated rings. The lowest BCUT2D eigenvalue weighted by atomic mass is 9.99. The first-order valence-electron chi connectivity index (χ1n) is 4.37. The molecule has 1 aromatic carbocycles. The number of methoxy groups -OCH3 is 1. The van der Waals surface area contributed by atoms with E-state index in [4.69, 9.17) is 5.26 Å². The summed E-state index contributed by atoms with van der Waals surface area (Å²) in [6.07, 6.45) is 0. The van der Waals surface area contributed by atoms with Gasteiger partial charge in [-0.3, -0.25) is 4.79 Å². The van der Waals surface area contributed by atoms with Crippen LogP contribution >= 0.6 is 0 Å².